The normalized spacial score (nSPS) is 14.8. The van der Waals surface area contributed by atoms with Gasteiger partial charge in [-0.1, -0.05) is 24.3 Å². The Kier molecular flexibility index (Phi) is 2.82. The Bertz CT molecular complexity index is 553. The molecule has 18 heavy (non-hydrogen) atoms. The highest BCUT2D eigenvalue weighted by atomic mass is 15.3. The van der Waals surface area contributed by atoms with E-state index in [9.17, 15) is 0 Å². The lowest BCUT2D eigenvalue weighted by Gasteiger charge is -2.06. The van der Waals surface area contributed by atoms with Crippen LogP contribution in [0.15, 0.2) is 30.5 Å². The molecular weight excluding hydrogens is 222 g/mol. The zero-order valence-electron chi connectivity index (χ0n) is 11.0. The second kappa shape index (κ2) is 4.48. The van der Waals surface area contributed by atoms with Crippen LogP contribution in [-0.2, 0) is 13.6 Å². The summed E-state index contributed by atoms with van der Waals surface area (Å²) in [6, 6.07) is 8.93. The summed E-state index contributed by atoms with van der Waals surface area (Å²) in [6.07, 6.45) is 4.75. The van der Waals surface area contributed by atoms with E-state index in [4.69, 9.17) is 0 Å². The third-order valence-electron chi connectivity index (χ3n) is 3.50. The second-order valence-electron chi connectivity index (χ2n) is 5.17. The molecule has 0 unspecified atom stereocenters. The maximum absolute atomic E-state index is 4.33. The molecule has 1 aromatic heterocycles. The van der Waals surface area contributed by atoms with E-state index >= 15 is 0 Å². The molecule has 0 radical (unpaired) electrons. The van der Waals surface area contributed by atoms with E-state index in [0.717, 1.165) is 23.8 Å². The first-order valence-corrected chi connectivity index (χ1v) is 6.55. The van der Waals surface area contributed by atoms with E-state index in [2.05, 4.69) is 34.7 Å². The monoisotopic (exact) mass is 241 g/mol. The van der Waals surface area contributed by atoms with Crippen molar-refractivity contribution in [3.8, 4) is 0 Å². The average molecular weight is 241 g/mol. The Hall–Kier alpha value is -1.77. The van der Waals surface area contributed by atoms with Crippen molar-refractivity contribution in [1.82, 2.24) is 9.78 Å². The molecule has 0 bridgehead atoms. The van der Waals surface area contributed by atoms with E-state index in [0.29, 0.717) is 0 Å². The molecule has 0 atom stereocenters. The summed E-state index contributed by atoms with van der Waals surface area (Å²) >= 11 is 0. The molecule has 1 heterocycles. The molecule has 0 aliphatic heterocycles. The summed E-state index contributed by atoms with van der Waals surface area (Å²) in [6.45, 7) is 2.90. The fourth-order valence-corrected chi connectivity index (χ4v) is 2.34. The molecule has 3 rings (SSSR count). The van der Waals surface area contributed by atoms with Gasteiger partial charge in [-0.2, -0.15) is 5.10 Å². The Morgan fingerprint density at radius 3 is 2.89 bits per heavy atom. The molecule has 1 aliphatic carbocycles. The van der Waals surface area contributed by atoms with Crippen molar-refractivity contribution in [3.63, 3.8) is 0 Å². The molecule has 0 amide bonds. The van der Waals surface area contributed by atoms with Crippen LogP contribution in [0.3, 0.4) is 0 Å². The van der Waals surface area contributed by atoms with Gasteiger partial charge < -0.3 is 5.32 Å². The minimum atomic E-state index is 0.824. The summed E-state index contributed by atoms with van der Waals surface area (Å²) in [5, 5.41) is 7.79. The highest BCUT2D eigenvalue weighted by Gasteiger charge is 2.23. The van der Waals surface area contributed by atoms with Gasteiger partial charge in [-0.3, -0.25) is 4.68 Å². The molecule has 1 aliphatic rings. The average Bonchev–Trinajstić information content (AvgIpc) is 3.14. The Morgan fingerprint density at radius 2 is 2.22 bits per heavy atom. The topological polar surface area (TPSA) is 29.9 Å². The van der Waals surface area contributed by atoms with E-state index in [1.54, 1.807) is 0 Å². The van der Waals surface area contributed by atoms with Gasteiger partial charge in [0.05, 0.1) is 11.4 Å². The zero-order chi connectivity index (χ0) is 12.5. The van der Waals surface area contributed by atoms with Gasteiger partial charge >= 0.3 is 0 Å². The lowest BCUT2D eigenvalue weighted by molar-refractivity contribution is 0.756. The van der Waals surface area contributed by atoms with Crippen molar-refractivity contribution in [2.75, 3.05) is 5.32 Å². The Morgan fingerprint density at radius 1 is 1.39 bits per heavy atom. The zero-order valence-corrected chi connectivity index (χ0v) is 11.0. The molecule has 3 heteroatoms. The molecule has 1 saturated carbocycles. The number of nitrogens with one attached hydrogen (secondary N) is 1. The number of hydrogen-bond acceptors (Lipinski definition) is 2. The smallest absolute Gasteiger partial charge is 0.0825 e. The molecule has 94 valence electrons. The van der Waals surface area contributed by atoms with Crippen molar-refractivity contribution >= 4 is 5.69 Å². The van der Waals surface area contributed by atoms with Crippen molar-refractivity contribution in [2.24, 2.45) is 7.05 Å². The molecule has 1 fully saturated rings. The van der Waals surface area contributed by atoms with Crippen molar-refractivity contribution in [2.45, 2.75) is 32.2 Å². The van der Waals surface area contributed by atoms with Crippen molar-refractivity contribution in [1.29, 1.82) is 0 Å². The molecule has 3 nitrogen and oxygen atoms in total. The van der Waals surface area contributed by atoms with Gasteiger partial charge in [0.1, 0.15) is 0 Å². The van der Waals surface area contributed by atoms with Crippen LogP contribution < -0.4 is 5.32 Å². The summed E-state index contributed by atoms with van der Waals surface area (Å²) in [4.78, 5) is 0. The largest absolute Gasteiger partial charge is 0.378 e. The first kappa shape index (κ1) is 11.3. The molecule has 0 spiro atoms. The van der Waals surface area contributed by atoms with E-state index in [1.807, 2.05) is 24.9 Å². The lowest BCUT2D eigenvalue weighted by atomic mass is 10.1. The molecule has 0 saturated heterocycles. The summed E-state index contributed by atoms with van der Waals surface area (Å²) in [7, 11) is 1.95. The summed E-state index contributed by atoms with van der Waals surface area (Å²) in [5.74, 6) is 0.824. The summed E-state index contributed by atoms with van der Waals surface area (Å²) in [5.41, 5.74) is 5.02. The van der Waals surface area contributed by atoms with Crippen molar-refractivity contribution in [3.05, 3.63) is 47.3 Å². The molecular formula is C15H19N3. The predicted molar refractivity (Wildman–Crippen MR) is 73.7 cm³/mol. The molecule has 1 aromatic carbocycles. The number of aryl methyl sites for hydroxylation is 2. The van der Waals surface area contributed by atoms with Gasteiger partial charge in [0.25, 0.3) is 0 Å². The minimum absolute atomic E-state index is 0.824. The highest BCUT2D eigenvalue weighted by molar-refractivity contribution is 5.46. The van der Waals surface area contributed by atoms with E-state index in [-0.39, 0.29) is 0 Å². The lowest BCUT2D eigenvalue weighted by Crippen LogP contribution is -2.00. The first-order valence-electron chi connectivity index (χ1n) is 6.55. The van der Waals surface area contributed by atoms with Gasteiger partial charge in [-0.15, -0.1) is 0 Å². The number of anilines is 1. The fraction of sp³-hybridized carbons (Fsp3) is 0.400. The van der Waals surface area contributed by atoms with Gasteiger partial charge in [0.2, 0.25) is 0 Å². The minimum Gasteiger partial charge on any atom is -0.378 e. The van der Waals surface area contributed by atoms with E-state index in [1.165, 1.54) is 24.0 Å². The standard InChI is InChI=1S/C15H19N3/c1-11-15(10-18(2)17-11)16-9-12-4-3-5-14(8-12)13-6-7-13/h3-5,8,10,13,16H,6-7,9H2,1-2H3. The van der Waals surface area contributed by atoms with Gasteiger partial charge in [-0.05, 0) is 36.8 Å². The number of rotatable bonds is 4. The van der Waals surface area contributed by atoms with Crippen LogP contribution in [0, 0.1) is 6.92 Å². The van der Waals surface area contributed by atoms with Crippen LogP contribution in [0.5, 0.6) is 0 Å². The van der Waals surface area contributed by atoms with Crippen LogP contribution in [0.2, 0.25) is 0 Å². The van der Waals surface area contributed by atoms with Gasteiger partial charge in [0.15, 0.2) is 0 Å². The Balaban J connectivity index is 1.69. The van der Waals surface area contributed by atoms with Crippen molar-refractivity contribution < 1.29 is 0 Å². The number of nitrogens with zero attached hydrogens (tertiary/aromatic N) is 2. The first-order chi connectivity index (χ1) is 8.72. The highest BCUT2D eigenvalue weighted by Crippen LogP contribution is 2.40. The van der Waals surface area contributed by atoms with Gasteiger partial charge in [0, 0.05) is 19.8 Å². The van der Waals surface area contributed by atoms with Crippen LogP contribution >= 0.6 is 0 Å². The summed E-state index contributed by atoms with van der Waals surface area (Å²) < 4.78 is 1.85. The van der Waals surface area contributed by atoms with E-state index < -0.39 is 0 Å². The van der Waals surface area contributed by atoms with Crippen LogP contribution in [0.25, 0.3) is 0 Å². The SMILES string of the molecule is Cc1nn(C)cc1NCc1cccc(C2CC2)c1. The maximum Gasteiger partial charge on any atom is 0.0825 e. The molecule has 1 N–H and O–H groups in total. The van der Waals surface area contributed by atoms with Gasteiger partial charge in [-0.25, -0.2) is 0 Å². The number of hydrogen-bond donors (Lipinski definition) is 1. The third-order valence-corrected chi connectivity index (χ3v) is 3.50. The van der Waals surface area contributed by atoms with Crippen LogP contribution in [0.1, 0.15) is 35.6 Å². The second-order valence-corrected chi connectivity index (χ2v) is 5.17. The Labute approximate surface area is 108 Å². The van der Waals surface area contributed by atoms with Crippen LogP contribution in [-0.4, -0.2) is 9.78 Å². The maximum atomic E-state index is 4.33. The number of benzene rings is 1. The number of aromatic nitrogens is 2. The quantitative estimate of drug-likeness (QED) is 0.890. The molecule has 2 aromatic rings. The fourth-order valence-electron chi connectivity index (χ4n) is 2.34. The predicted octanol–water partition coefficient (Wildman–Crippen LogP) is 3.22. The van der Waals surface area contributed by atoms with Crippen LogP contribution in [0.4, 0.5) is 5.69 Å². The third kappa shape index (κ3) is 2.40.